The first kappa shape index (κ1) is 23.6. The van der Waals surface area contributed by atoms with Gasteiger partial charge in [-0.3, -0.25) is 9.48 Å². The number of oxazole rings is 1. The summed E-state index contributed by atoms with van der Waals surface area (Å²) in [5, 5.41) is 14.1. The highest BCUT2D eigenvalue weighted by molar-refractivity contribution is 6.06. The minimum absolute atomic E-state index is 0.0476. The molecule has 0 spiro atoms. The molecule has 1 unspecified atom stereocenters. The van der Waals surface area contributed by atoms with E-state index in [1.54, 1.807) is 36.0 Å². The van der Waals surface area contributed by atoms with Crippen molar-refractivity contribution in [3.63, 3.8) is 0 Å². The molecule has 0 bridgehead atoms. The molecule has 4 aromatic rings. The summed E-state index contributed by atoms with van der Waals surface area (Å²) in [6, 6.07) is 13.7. The molecule has 5 rings (SSSR count). The number of fused-ring (bicyclic) bond motifs is 1. The van der Waals surface area contributed by atoms with E-state index in [1.807, 2.05) is 61.7 Å². The molecule has 1 N–H and O–H groups in total. The van der Waals surface area contributed by atoms with E-state index in [4.69, 9.17) is 9.15 Å². The fraction of sp³-hybridized carbons (Fsp3) is 0.250. The zero-order valence-electron chi connectivity index (χ0n) is 20.5. The molecule has 8 heteroatoms. The second kappa shape index (κ2) is 9.83. The van der Waals surface area contributed by atoms with Crippen LogP contribution in [0.5, 0.6) is 5.75 Å². The minimum Gasteiger partial charge on any atom is -0.497 e. The standard InChI is InChI=1S/C28H28N4O4/c1-18(33)15-31-17-24(14-30-31)21-6-7-22-10-23(28-29-13-19(2)36-28)12-27(34)32(26(22)11-21)16-20-4-8-25(35-3)9-5-20/h4-11,13-14,17-18,33H,12,15-16H2,1-3H3. The molecule has 0 radical (unpaired) electrons. The number of ether oxygens (including phenoxy) is 1. The van der Waals surface area contributed by atoms with E-state index >= 15 is 0 Å². The first-order chi connectivity index (χ1) is 17.4. The first-order valence-corrected chi connectivity index (χ1v) is 11.8. The maximum absolute atomic E-state index is 13.6. The first-order valence-electron chi connectivity index (χ1n) is 11.8. The number of aromatic nitrogens is 3. The number of methoxy groups -OCH3 is 1. The molecular weight excluding hydrogens is 456 g/mol. The van der Waals surface area contributed by atoms with Crippen LogP contribution in [0.2, 0.25) is 0 Å². The molecule has 8 nitrogen and oxygen atoms in total. The van der Waals surface area contributed by atoms with Crippen LogP contribution in [-0.2, 0) is 17.9 Å². The van der Waals surface area contributed by atoms with Crippen LogP contribution < -0.4 is 9.64 Å². The van der Waals surface area contributed by atoms with E-state index < -0.39 is 6.10 Å². The highest BCUT2D eigenvalue weighted by atomic mass is 16.5. The lowest BCUT2D eigenvalue weighted by molar-refractivity contribution is -0.117. The topological polar surface area (TPSA) is 93.6 Å². The summed E-state index contributed by atoms with van der Waals surface area (Å²) in [5.74, 6) is 1.87. The fourth-order valence-corrected chi connectivity index (χ4v) is 4.32. The molecule has 2 aromatic carbocycles. The Bertz CT molecular complexity index is 1420. The van der Waals surface area contributed by atoms with Crippen LogP contribution in [0.1, 0.15) is 36.1 Å². The minimum atomic E-state index is -0.496. The van der Waals surface area contributed by atoms with Crippen LogP contribution in [0.25, 0.3) is 22.8 Å². The normalized spacial score (nSPS) is 14.3. The fourth-order valence-electron chi connectivity index (χ4n) is 4.32. The van der Waals surface area contributed by atoms with Crippen LogP contribution in [0, 0.1) is 6.92 Å². The summed E-state index contributed by atoms with van der Waals surface area (Å²) in [6.07, 6.45) is 6.99. The number of aryl methyl sites for hydroxylation is 1. The predicted octanol–water partition coefficient (Wildman–Crippen LogP) is 4.71. The van der Waals surface area contributed by atoms with Crippen LogP contribution >= 0.6 is 0 Å². The lowest BCUT2D eigenvalue weighted by Gasteiger charge is -2.24. The third kappa shape index (κ3) is 4.94. The Kier molecular flexibility index (Phi) is 6.43. The van der Waals surface area contributed by atoms with Gasteiger partial charge in [-0.2, -0.15) is 5.10 Å². The van der Waals surface area contributed by atoms with Gasteiger partial charge in [-0.25, -0.2) is 4.98 Å². The van der Waals surface area contributed by atoms with Gasteiger partial charge in [0.05, 0.1) is 50.8 Å². The van der Waals surface area contributed by atoms with Gasteiger partial charge in [-0.1, -0.05) is 24.3 Å². The molecule has 0 aliphatic carbocycles. The van der Waals surface area contributed by atoms with Crippen LogP contribution in [-0.4, -0.2) is 39.0 Å². The van der Waals surface area contributed by atoms with Crippen molar-refractivity contribution in [1.29, 1.82) is 0 Å². The van der Waals surface area contributed by atoms with Crippen molar-refractivity contribution >= 4 is 23.2 Å². The third-order valence-electron chi connectivity index (χ3n) is 6.11. The number of hydrogen-bond acceptors (Lipinski definition) is 6. The highest BCUT2D eigenvalue weighted by Crippen LogP contribution is 2.36. The summed E-state index contributed by atoms with van der Waals surface area (Å²) in [7, 11) is 1.63. The van der Waals surface area contributed by atoms with Crippen molar-refractivity contribution in [2.24, 2.45) is 0 Å². The number of anilines is 1. The SMILES string of the molecule is COc1ccc(CN2C(=O)CC(c3ncc(C)o3)=Cc3ccc(-c4cnn(CC(C)O)c4)cc32)cc1. The van der Waals surface area contributed by atoms with Crippen molar-refractivity contribution in [1.82, 2.24) is 14.8 Å². The van der Waals surface area contributed by atoms with Gasteiger partial charge >= 0.3 is 0 Å². The third-order valence-corrected chi connectivity index (χ3v) is 6.11. The predicted molar refractivity (Wildman–Crippen MR) is 137 cm³/mol. The smallest absolute Gasteiger partial charge is 0.231 e. The van der Waals surface area contributed by atoms with Crippen LogP contribution in [0.4, 0.5) is 5.69 Å². The van der Waals surface area contributed by atoms with Gasteiger partial charge in [-0.05, 0) is 54.8 Å². The maximum atomic E-state index is 13.6. The number of aliphatic hydroxyl groups excluding tert-OH is 1. The van der Waals surface area contributed by atoms with Gasteiger partial charge in [0.15, 0.2) is 0 Å². The van der Waals surface area contributed by atoms with E-state index in [0.717, 1.165) is 39.3 Å². The molecule has 1 amide bonds. The zero-order valence-corrected chi connectivity index (χ0v) is 20.5. The largest absolute Gasteiger partial charge is 0.497 e. The van der Waals surface area contributed by atoms with Crippen LogP contribution in [0.15, 0.2) is 65.5 Å². The quantitative estimate of drug-likeness (QED) is 0.408. The summed E-state index contributed by atoms with van der Waals surface area (Å²) < 4.78 is 12.8. The Morgan fingerprint density at radius 3 is 2.64 bits per heavy atom. The molecule has 184 valence electrons. The van der Waals surface area contributed by atoms with Crippen molar-refractivity contribution in [2.45, 2.75) is 39.5 Å². The molecule has 0 saturated heterocycles. The van der Waals surface area contributed by atoms with E-state index in [1.165, 1.54) is 0 Å². The highest BCUT2D eigenvalue weighted by Gasteiger charge is 2.26. The van der Waals surface area contributed by atoms with Gasteiger partial charge in [-0.15, -0.1) is 0 Å². The van der Waals surface area contributed by atoms with E-state index in [0.29, 0.717) is 24.7 Å². The molecule has 2 aromatic heterocycles. The second-order valence-corrected chi connectivity index (χ2v) is 9.02. The van der Waals surface area contributed by atoms with Crippen molar-refractivity contribution in [3.8, 4) is 16.9 Å². The molecule has 3 heterocycles. The Morgan fingerprint density at radius 1 is 1.14 bits per heavy atom. The molecule has 1 atom stereocenters. The molecule has 36 heavy (non-hydrogen) atoms. The van der Waals surface area contributed by atoms with Gasteiger partial charge in [0, 0.05) is 17.3 Å². The number of nitrogens with zero attached hydrogens (tertiary/aromatic N) is 4. The summed E-state index contributed by atoms with van der Waals surface area (Å²) >= 11 is 0. The zero-order chi connectivity index (χ0) is 25.2. The number of hydrogen-bond donors (Lipinski definition) is 1. The number of carbonyl (C=O) groups excluding carboxylic acids is 1. The van der Waals surface area contributed by atoms with E-state index in [-0.39, 0.29) is 12.3 Å². The molecule has 0 fully saturated rings. The molecular formula is C28H28N4O4. The molecule has 1 aliphatic rings. The van der Waals surface area contributed by atoms with Gasteiger partial charge in [0.1, 0.15) is 11.5 Å². The van der Waals surface area contributed by atoms with E-state index in [2.05, 4.69) is 10.1 Å². The number of aliphatic hydroxyl groups is 1. The second-order valence-electron chi connectivity index (χ2n) is 9.02. The lowest BCUT2D eigenvalue weighted by Crippen LogP contribution is -2.30. The number of carbonyl (C=O) groups is 1. The van der Waals surface area contributed by atoms with Gasteiger partial charge < -0.3 is 19.2 Å². The number of rotatable bonds is 7. The van der Waals surface area contributed by atoms with E-state index in [9.17, 15) is 9.90 Å². The number of amides is 1. The summed E-state index contributed by atoms with van der Waals surface area (Å²) in [6.45, 7) is 4.39. The summed E-state index contributed by atoms with van der Waals surface area (Å²) in [5.41, 5.74) is 5.27. The van der Waals surface area contributed by atoms with Gasteiger partial charge in [0.2, 0.25) is 11.8 Å². The van der Waals surface area contributed by atoms with Crippen LogP contribution in [0.3, 0.4) is 0 Å². The molecule has 0 saturated carbocycles. The lowest BCUT2D eigenvalue weighted by atomic mass is 10.0. The Hall–Kier alpha value is -4.17. The number of benzene rings is 2. The average molecular weight is 485 g/mol. The maximum Gasteiger partial charge on any atom is 0.231 e. The molecule has 1 aliphatic heterocycles. The van der Waals surface area contributed by atoms with Crippen molar-refractivity contribution in [3.05, 3.63) is 83.8 Å². The monoisotopic (exact) mass is 484 g/mol. The Labute approximate surface area is 209 Å². The van der Waals surface area contributed by atoms with Crippen molar-refractivity contribution in [2.75, 3.05) is 12.0 Å². The Balaban J connectivity index is 1.56. The average Bonchev–Trinajstić information content (AvgIpc) is 3.48. The summed E-state index contributed by atoms with van der Waals surface area (Å²) in [4.78, 5) is 19.8. The van der Waals surface area contributed by atoms with Crippen molar-refractivity contribution < 1.29 is 19.1 Å². The Morgan fingerprint density at radius 2 is 1.94 bits per heavy atom. The van der Waals surface area contributed by atoms with Gasteiger partial charge in [0.25, 0.3) is 0 Å².